The van der Waals surface area contributed by atoms with Crippen molar-refractivity contribution in [1.82, 2.24) is 5.32 Å². The average Bonchev–Trinajstić information content (AvgIpc) is 3.00. The van der Waals surface area contributed by atoms with Gasteiger partial charge in [0.15, 0.2) is 0 Å². The summed E-state index contributed by atoms with van der Waals surface area (Å²) in [5.41, 5.74) is 2.84. The number of hydrogen-bond acceptors (Lipinski definition) is 3. The molecule has 2 aromatic rings. The Labute approximate surface area is 144 Å². The van der Waals surface area contributed by atoms with Crippen LogP contribution in [0.2, 0.25) is 0 Å². The van der Waals surface area contributed by atoms with Gasteiger partial charge in [0.05, 0.1) is 5.56 Å². The van der Waals surface area contributed by atoms with Crippen molar-refractivity contribution in [1.29, 1.82) is 0 Å². The topological polar surface area (TPSA) is 29.1 Å². The van der Waals surface area contributed by atoms with E-state index in [1.807, 2.05) is 11.4 Å². The number of halogens is 1. The van der Waals surface area contributed by atoms with Crippen LogP contribution >= 0.6 is 23.1 Å². The van der Waals surface area contributed by atoms with Gasteiger partial charge in [0.25, 0.3) is 5.91 Å². The maximum Gasteiger partial charge on any atom is 0.252 e. The first kappa shape index (κ1) is 16.5. The monoisotopic (exact) mass is 349 g/mol. The highest BCUT2D eigenvalue weighted by atomic mass is 32.2. The minimum absolute atomic E-state index is 0.0379. The Bertz CT molecular complexity index is 683. The van der Waals surface area contributed by atoms with Gasteiger partial charge in [-0.25, -0.2) is 4.39 Å². The van der Waals surface area contributed by atoms with Gasteiger partial charge in [-0.3, -0.25) is 4.79 Å². The van der Waals surface area contributed by atoms with Gasteiger partial charge in [-0.2, -0.15) is 11.8 Å². The van der Waals surface area contributed by atoms with Crippen LogP contribution in [0.4, 0.5) is 4.39 Å². The van der Waals surface area contributed by atoms with E-state index < -0.39 is 0 Å². The maximum absolute atomic E-state index is 13.5. The Morgan fingerprint density at radius 1 is 1.26 bits per heavy atom. The number of aryl methyl sites for hydroxylation is 1. The molecular weight excluding hydrogens is 329 g/mol. The first-order valence-electron chi connectivity index (χ1n) is 7.94. The molecule has 0 saturated heterocycles. The van der Waals surface area contributed by atoms with Crippen molar-refractivity contribution >= 4 is 29.0 Å². The average molecular weight is 349 g/mol. The van der Waals surface area contributed by atoms with Crippen LogP contribution in [0.3, 0.4) is 0 Å². The lowest BCUT2D eigenvalue weighted by atomic mass is 9.96. The number of rotatable bonds is 6. The smallest absolute Gasteiger partial charge is 0.252 e. The molecule has 122 valence electrons. The van der Waals surface area contributed by atoms with E-state index >= 15 is 0 Å². The van der Waals surface area contributed by atoms with Gasteiger partial charge in [0, 0.05) is 28.3 Å². The minimum Gasteiger partial charge on any atom is -0.351 e. The van der Waals surface area contributed by atoms with E-state index in [1.165, 1.54) is 29.3 Å². The third kappa shape index (κ3) is 4.15. The van der Waals surface area contributed by atoms with E-state index in [9.17, 15) is 9.18 Å². The van der Waals surface area contributed by atoms with E-state index in [4.69, 9.17) is 0 Å². The molecule has 5 heteroatoms. The Morgan fingerprint density at radius 2 is 2.09 bits per heavy atom. The number of hydrogen-bond donors (Lipinski definition) is 1. The SMILES string of the molecule is O=C(NCCSCc1ccccc1F)c1csc2c1CCCC2. The lowest BCUT2D eigenvalue weighted by Crippen LogP contribution is -2.26. The Hall–Kier alpha value is -1.33. The molecule has 0 bridgehead atoms. The minimum atomic E-state index is -0.158. The molecule has 1 amide bonds. The molecule has 0 atom stereocenters. The van der Waals surface area contributed by atoms with Gasteiger partial charge in [0.1, 0.15) is 5.82 Å². The molecular formula is C18H20FNOS2. The molecule has 0 aliphatic heterocycles. The molecule has 23 heavy (non-hydrogen) atoms. The number of fused-ring (bicyclic) bond motifs is 1. The lowest BCUT2D eigenvalue weighted by molar-refractivity contribution is 0.0955. The van der Waals surface area contributed by atoms with Gasteiger partial charge < -0.3 is 5.32 Å². The van der Waals surface area contributed by atoms with Gasteiger partial charge >= 0.3 is 0 Å². The number of nitrogens with one attached hydrogen (secondary N) is 1. The molecule has 1 N–H and O–H groups in total. The van der Waals surface area contributed by atoms with Crippen molar-refractivity contribution in [2.45, 2.75) is 31.4 Å². The fourth-order valence-electron chi connectivity index (χ4n) is 2.81. The van der Waals surface area contributed by atoms with E-state index in [1.54, 1.807) is 35.2 Å². The fraction of sp³-hybridized carbons (Fsp3) is 0.389. The molecule has 0 spiro atoms. The first-order valence-corrected chi connectivity index (χ1v) is 9.97. The molecule has 2 nitrogen and oxygen atoms in total. The van der Waals surface area contributed by atoms with Crippen LogP contribution in [0.5, 0.6) is 0 Å². The summed E-state index contributed by atoms with van der Waals surface area (Å²) in [5.74, 6) is 1.30. The van der Waals surface area contributed by atoms with Crippen molar-refractivity contribution < 1.29 is 9.18 Å². The molecule has 0 saturated carbocycles. The van der Waals surface area contributed by atoms with Crippen LogP contribution in [0.1, 0.15) is 39.2 Å². The number of thiophene rings is 1. The van der Waals surface area contributed by atoms with Crippen LogP contribution in [-0.4, -0.2) is 18.2 Å². The lowest BCUT2D eigenvalue weighted by Gasteiger charge is -2.12. The summed E-state index contributed by atoms with van der Waals surface area (Å²) in [6.45, 7) is 0.614. The number of benzene rings is 1. The number of thioether (sulfide) groups is 1. The Morgan fingerprint density at radius 3 is 2.96 bits per heavy atom. The highest BCUT2D eigenvalue weighted by Crippen LogP contribution is 2.30. The van der Waals surface area contributed by atoms with E-state index in [0.29, 0.717) is 12.3 Å². The van der Waals surface area contributed by atoms with Crippen molar-refractivity contribution in [3.05, 3.63) is 57.0 Å². The quantitative estimate of drug-likeness (QED) is 0.782. The standard InChI is InChI=1S/C18H20FNOS2/c19-16-7-3-1-5-13(16)11-22-10-9-20-18(21)15-12-23-17-8-4-2-6-14(15)17/h1,3,5,7,12H,2,4,6,8-11H2,(H,20,21). The van der Waals surface area contributed by atoms with Gasteiger partial charge in [-0.15, -0.1) is 11.3 Å². The van der Waals surface area contributed by atoms with Crippen molar-refractivity contribution in [3.8, 4) is 0 Å². The van der Waals surface area contributed by atoms with Crippen LogP contribution in [0.25, 0.3) is 0 Å². The largest absolute Gasteiger partial charge is 0.351 e. The predicted octanol–water partition coefficient (Wildman–Crippen LogP) is 4.43. The highest BCUT2D eigenvalue weighted by Gasteiger charge is 2.19. The number of carbonyl (C=O) groups is 1. The zero-order valence-electron chi connectivity index (χ0n) is 12.9. The van der Waals surface area contributed by atoms with Crippen LogP contribution < -0.4 is 5.32 Å². The van der Waals surface area contributed by atoms with Crippen LogP contribution in [0.15, 0.2) is 29.6 Å². The van der Waals surface area contributed by atoms with E-state index in [0.717, 1.165) is 29.7 Å². The number of amides is 1. The van der Waals surface area contributed by atoms with Crippen LogP contribution in [-0.2, 0) is 18.6 Å². The number of carbonyl (C=O) groups excluding carboxylic acids is 1. The third-order valence-corrected chi connectivity index (χ3v) is 6.15. The van der Waals surface area contributed by atoms with E-state index in [2.05, 4.69) is 5.32 Å². The van der Waals surface area contributed by atoms with Crippen LogP contribution in [0, 0.1) is 5.82 Å². The zero-order chi connectivity index (χ0) is 16.1. The van der Waals surface area contributed by atoms with Crippen molar-refractivity contribution in [2.24, 2.45) is 0 Å². The summed E-state index contributed by atoms with van der Waals surface area (Å²) < 4.78 is 13.5. The fourth-order valence-corrected chi connectivity index (χ4v) is 4.78. The summed E-state index contributed by atoms with van der Waals surface area (Å²) in [6, 6.07) is 6.83. The molecule has 3 rings (SSSR count). The van der Waals surface area contributed by atoms with Gasteiger partial charge in [-0.05, 0) is 42.9 Å². The summed E-state index contributed by atoms with van der Waals surface area (Å²) in [7, 11) is 0. The Kier molecular flexibility index (Phi) is 5.73. The molecule has 1 aliphatic rings. The molecule has 1 heterocycles. The van der Waals surface area contributed by atoms with Gasteiger partial charge in [-0.1, -0.05) is 18.2 Å². The molecule has 1 aromatic carbocycles. The summed E-state index contributed by atoms with van der Waals surface area (Å²) in [5, 5.41) is 4.99. The molecule has 1 aliphatic carbocycles. The normalized spacial score (nSPS) is 13.6. The zero-order valence-corrected chi connectivity index (χ0v) is 14.6. The second kappa shape index (κ2) is 7.97. The summed E-state index contributed by atoms with van der Waals surface area (Å²) in [6.07, 6.45) is 4.57. The second-order valence-electron chi connectivity index (χ2n) is 5.66. The Balaban J connectivity index is 1.43. The summed E-state index contributed by atoms with van der Waals surface area (Å²) >= 11 is 3.35. The molecule has 1 aromatic heterocycles. The summed E-state index contributed by atoms with van der Waals surface area (Å²) in [4.78, 5) is 13.7. The maximum atomic E-state index is 13.5. The van der Waals surface area contributed by atoms with Gasteiger partial charge in [0.2, 0.25) is 0 Å². The van der Waals surface area contributed by atoms with Crippen molar-refractivity contribution in [3.63, 3.8) is 0 Å². The molecule has 0 fully saturated rings. The van der Waals surface area contributed by atoms with Crippen molar-refractivity contribution in [2.75, 3.05) is 12.3 Å². The first-order chi connectivity index (χ1) is 11.3. The van der Waals surface area contributed by atoms with E-state index in [-0.39, 0.29) is 11.7 Å². The third-order valence-electron chi connectivity index (χ3n) is 4.05. The highest BCUT2D eigenvalue weighted by molar-refractivity contribution is 7.98. The second-order valence-corrected chi connectivity index (χ2v) is 7.73. The molecule has 0 radical (unpaired) electrons. The molecule has 0 unspecified atom stereocenters. The predicted molar refractivity (Wildman–Crippen MR) is 95.9 cm³/mol.